The van der Waals surface area contributed by atoms with Crippen LogP contribution < -0.4 is 0 Å². The number of rotatable bonds is 1. The SMILES string of the molecule is N#Cc1ccnc(-n2cc(Br)c3c(Cl)ncnc32)c1. The molecule has 3 aromatic heterocycles. The number of nitrogens with zero attached hydrogens (tertiary/aromatic N) is 5. The fourth-order valence-electron chi connectivity index (χ4n) is 1.78. The summed E-state index contributed by atoms with van der Waals surface area (Å²) in [7, 11) is 0. The summed E-state index contributed by atoms with van der Waals surface area (Å²) in [5.74, 6) is 0.601. The number of hydrogen-bond donors (Lipinski definition) is 0. The maximum atomic E-state index is 8.93. The molecule has 0 spiro atoms. The molecule has 0 bridgehead atoms. The Kier molecular flexibility index (Phi) is 2.93. The molecule has 0 atom stereocenters. The quantitative estimate of drug-likeness (QED) is 0.641. The Morgan fingerprint density at radius 3 is 2.95 bits per heavy atom. The maximum Gasteiger partial charge on any atom is 0.151 e. The number of fused-ring (bicyclic) bond motifs is 1. The van der Waals surface area contributed by atoms with E-state index in [-0.39, 0.29) is 0 Å². The second-order valence-electron chi connectivity index (χ2n) is 3.72. The minimum Gasteiger partial charge on any atom is -0.284 e. The number of hydrogen-bond acceptors (Lipinski definition) is 4. The molecule has 0 amide bonds. The van der Waals surface area contributed by atoms with Crippen LogP contribution in [-0.4, -0.2) is 19.5 Å². The third-order valence-electron chi connectivity index (χ3n) is 2.61. The van der Waals surface area contributed by atoms with Crippen LogP contribution in [0.2, 0.25) is 5.15 Å². The average molecular weight is 335 g/mol. The van der Waals surface area contributed by atoms with E-state index in [4.69, 9.17) is 16.9 Å². The Morgan fingerprint density at radius 2 is 2.16 bits per heavy atom. The van der Waals surface area contributed by atoms with Crippen LogP contribution in [-0.2, 0) is 0 Å². The highest BCUT2D eigenvalue weighted by Crippen LogP contribution is 2.31. The van der Waals surface area contributed by atoms with Crippen molar-refractivity contribution in [2.24, 2.45) is 0 Å². The van der Waals surface area contributed by atoms with Crippen molar-refractivity contribution in [1.82, 2.24) is 19.5 Å². The monoisotopic (exact) mass is 333 g/mol. The molecule has 0 aromatic carbocycles. The summed E-state index contributed by atoms with van der Waals surface area (Å²) in [5.41, 5.74) is 1.16. The lowest BCUT2D eigenvalue weighted by molar-refractivity contribution is 1.01. The van der Waals surface area contributed by atoms with Crippen LogP contribution in [0.3, 0.4) is 0 Å². The van der Waals surface area contributed by atoms with E-state index in [0.29, 0.717) is 27.6 Å². The van der Waals surface area contributed by atoms with E-state index in [9.17, 15) is 0 Å². The van der Waals surface area contributed by atoms with Gasteiger partial charge in [-0.15, -0.1) is 0 Å². The molecule has 92 valence electrons. The zero-order valence-electron chi connectivity index (χ0n) is 9.38. The van der Waals surface area contributed by atoms with Crippen LogP contribution in [0.25, 0.3) is 16.9 Å². The molecule has 0 unspecified atom stereocenters. The summed E-state index contributed by atoms with van der Waals surface area (Å²) in [6.07, 6.45) is 4.77. The van der Waals surface area contributed by atoms with Gasteiger partial charge in [0.1, 0.15) is 17.3 Å². The highest BCUT2D eigenvalue weighted by Gasteiger charge is 2.13. The summed E-state index contributed by atoms with van der Waals surface area (Å²) >= 11 is 9.48. The molecule has 19 heavy (non-hydrogen) atoms. The van der Waals surface area contributed by atoms with Crippen LogP contribution in [0, 0.1) is 11.3 Å². The van der Waals surface area contributed by atoms with Gasteiger partial charge in [-0.05, 0) is 28.1 Å². The molecule has 3 aromatic rings. The van der Waals surface area contributed by atoms with Crippen LogP contribution in [0.5, 0.6) is 0 Å². The number of nitriles is 1. The molecule has 3 heterocycles. The first-order valence-electron chi connectivity index (χ1n) is 5.24. The summed E-state index contributed by atoms with van der Waals surface area (Å²) in [5, 5.41) is 10.0. The fraction of sp³-hybridized carbons (Fsp3) is 0. The predicted octanol–water partition coefficient (Wildman–Crippen LogP) is 3.10. The smallest absolute Gasteiger partial charge is 0.151 e. The van der Waals surface area contributed by atoms with Crippen molar-refractivity contribution in [1.29, 1.82) is 5.26 Å². The molecule has 0 radical (unpaired) electrons. The van der Waals surface area contributed by atoms with Gasteiger partial charge in [0.05, 0.1) is 17.0 Å². The molecule has 5 nitrogen and oxygen atoms in total. The summed E-state index contributed by atoms with van der Waals surface area (Å²) in [4.78, 5) is 12.4. The van der Waals surface area contributed by atoms with E-state index >= 15 is 0 Å². The molecular weight excluding hydrogens is 330 g/mol. The lowest BCUT2D eigenvalue weighted by atomic mass is 10.3. The van der Waals surface area contributed by atoms with E-state index in [2.05, 4.69) is 37.0 Å². The Labute approximate surface area is 121 Å². The Morgan fingerprint density at radius 1 is 1.32 bits per heavy atom. The van der Waals surface area contributed by atoms with Gasteiger partial charge in [0.2, 0.25) is 0 Å². The van der Waals surface area contributed by atoms with Crippen molar-refractivity contribution >= 4 is 38.6 Å². The molecule has 0 saturated carbocycles. The first-order valence-corrected chi connectivity index (χ1v) is 6.41. The molecule has 7 heteroatoms. The highest BCUT2D eigenvalue weighted by atomic mass is 79.9. The van der Waals surface area contributed by atoms with E-state index in [0.717, 1.165) is 4.47 Å². The van der Waals surface area contributed by atoms with Gasteiger partial charge in [0.25, 0.3) is 0 Å². The number of aromatic nitrogens is 4. The van der Waals surface area contributed by atoms with E-state index in [1.807, 2.05) is 0 Å². The zero-order valence-corrected chi connectivity index (χ0v) is 11.7. The van der Waals surface area contributed by atoms with Crippen molar-refractivity contribution in [2.45, 2.75) is 0 Å². The predicted molar refractivity (Wildman–Crippen MR) is 74.1 cm³/mol. The molecular formula is C12H5BrClN5. The lowest BCUT2D eigenvalue weighted by Crippen LogP contribution is -1.97. The Bertz CT molecular complexity index is 821. The molecule has 0 N–H and O–H groups in total. The van der Waals surface area contributed by atoms with Gasteiger partial charge in [0.15, 0.2) is 5.65 Å². The molecule has 3 rings (SSSR count). The van der Waals surface area contributed by atoms with Crippen LogP contribution in [0.4, 0.5) is 0 Å². The number of halogens is 2. The molecule has 0 aliphatic heterocycles. The van der Waals surface area contributed by atoms with Crippen molar-refractivity contribution in [3.63, 3.8) is 0 Å². The maximum absolute atomic E-state index is 8.93. The Hall–Kier alpha value is -1.97. The fourth-order valence-corrected chi connectivity index (χ4v) is 2.69. The van der Waals surface area contributed by atoms with Gasteiger partial charge in [-0.2, -0.15) is 5.26 Å². The van der Waals surface area contributed by atoms with E-state index < -0.39 is 0 Å². The lowest BCUT2D eigenvalue weighted by Gasteiger charge is -2.03. The first-order chi connectivity index (χ1) is 9.20. The van der Waals surface area contributed by atoms with E-state index in [1.165, 1.54) is 6.33 Å². The summed E-state index contributed by atoms with van der Waals surface area (Å²) < 4.78 is 2.53. The summed E-state index contributed by atoms with van der Waals surface area (Å²) in [6.45, 7) is 0. The van der Waals surface area contributed by atoms with Crippen molar-refractivity contribution in [3.05, 3.63) is 46.0 Å². The van der Waals surface area contributed by atoms with Gasteiger partial charge in [-0.1, -0.05) is 11.6 Å². The average Bonchev–Trinajstić information content (AvgIpc) is 2.78. The third-order valence-corrected chi connectivity index (χ3v) is 3.50. The topological polar surface area (TPSA) is 67.4 Å². The molecule has 0 saturated heterocycles. The molecule has 0 fully saturated rings. The van der Waals surface area contributed by atoms with Crippen molar-refractivity contribution in [3.8, 4) is 11.9 Å². The van der Waals surface area contributed by atoms with Crippen LogP contribution in [0.15, 0.2) is 35.3 Å². The first kappa shape index (κ1) is 12.1. The second-order valence-corrected chi connectivity index (χ2v) is 4.94. The van der Waals surface area contributed by atoms with Gasteiger partial charge in [-0.25, -0.2) is 15.0 Å². The normalized spacial score (nSPS) is 10.6. The van der Waals surface area contributed by atoms with Crippen molar-refractivity contribution < 1.29 is 0 Å². The Balaban J connectivity index is 2.32. The van der Waals surface area contributed by atoms with Gasteiger partial charge >= 0.3 is 0 Å². The largest absolute Gasteiger partial charge is 0.284 e. The standard InChI is InChI=1S/C12H5BrClN5/c13-8-5-19(9-3-7(4-15)1-2-16-9)12-10(8)11(14)17-6-18-12/h1-3,5-6H. The van der Waals surface area contributed by atoms with Crippen LogP contribution >= 0.6 is 27.5 Å². The second kappa shape index (κ2) is 4.61. The number of pyridine rings is 1. The van der Waals surface area contributed by atoms with Crippen molar-refractivity contribution in [2.75, 3.05) is 0 Å². The minimum absolute atomic E-state index is 0.368. The van der Waals surface area contributed by atoms with Crippen LogP contribution in [0.1, 0.15) is 5.56 Å². The summed E-state index contributed by atoms with van der Waals surface area (Å²) in [6, 6.07) is 5.41. The van der Waals surface area contributed by atoms with Gasteiger partial charge in [0, 0.05) is 16.9 Å². The minimum atomic E-state index is 0.368. The third kappa shape index (κ3) is 1.97. The molecule has 0 aliphatic rings. The molecule has 0 aliphatic carbocycles. The highest BCUT2D eigenvalue weighted by molar-refractivity contribution is 9.10. The van der Waals surface area contributed by atoms with E-state index in [1.54, 1.807) is 29.1 Å². The zero-order chi connectivity index (χ0) is 13.4. The van der Waals surface area contributed by atoms with Gasteiger partial charge in [-0.3, -0.25) is 4.57 Å². The van der Waals surface area contributed by atoms with Gasteiger partial charge < -0.3 is 0 Å².